The Labute approximate surface area is 128 Å². The number of thiazole rings is 1. The molecule has 4 nitrogen and oxygen atoms in total. The molecule has 20 heavy (non-hydrogen) atoms. The summed E-state index contributed by atoms with van der Waals surface area (Å²) in [6.45, 7) is 6.37. The monoisotopic (exact) mass is 314 g/mol. The van der Waals surface area contributed by atoms with Crippen LogP contribution in [0.15, 0.2) is 15.9 Å². The molecule has 1 aliphatic carbocycles. The fourth-order valence-electron chi connectivity index (χ4n) is 2.23. The maximum absolute atomic E-state index is 12.3. The first-order valence-corrected chi connectivity index (χ1v) is 8.80. The van der Waals surface area contributed by atoms with Crippen LogP contribution in [0.25, 0.3) is 0 Å². The molecule has 1 aromatic rings. The highest BCUT2D eigenvalue weighted by molar-refractivity contribution is 8.01. The predicted octanol–water partition coefficient (Wildman–Crippen LogP) is 3.09. The summed E-state index contributed by atoms with van der Waals surface area (Å²) in [5.74, 6) is -0.140. The molecule has 1 aliphatic rings. The molecule has 2 unspecified atom stereocenters. The van der Waals surface area contributed by atoms with Gasteiger partial charge in [-0.05, 0) is 33.1 Å². The van der Waals surface area contributed by atoms with Gasteiger partial charge in [-0.1, -0.05) is 18.7 Å². The Morgan fingerprint density at radius 1 is 1.70 bits per heavy atom. The number of hydrogen-bond acceptors (Lipinski definition) is 6. The highest BCUT2D eigenvalue weighted by atomic mass is 32.2. The van der Waals surface area contributed by atoms with Crippen LogP contribution in [0.4, 0.5) is 0 Å². The first-order chi connectivity index (χ1) is 9.53. The molecule has 0 bridgehead atoms. The van der Waals surface area contributed by atoms with Gasteiger partial charge in [0.2, 0.25) is 0 Å². The molecule has 1 fully saturated rings. The zero-order chi connectivity index (χ0) is 14.6. The van der Waals surface area contributed by atoms with Crippen molar-refractivity contribution in [1.29, 1.82) is 0 Å². The summed E-state index contributed by atoms with van der Waals surface area (Å²) < 4.78 is 6.30. The Hall–Kier alpha value is -0.590. The minimum Gasteiger partial charge on any atom is -0.465 e. The van der Waals surface area contributed by atoms with E-state index in [4.69, 9.17) is 4.74 Å². The lowest BCUT2D eigenvalue weighted by Crippen LogP contribution is -2.52. The molecule has 1 aromatic heterocycles. The number of hydrogen-bond donors (Lipinski definition) is 1. The zero-order valence-electron chi connectivity index (χ0n) is 12.2. The van der Waals surface area contributed by atoms with E-state index in [0.717, 1.165) is 23.6 Å². The first-order valence-electron chi connectivity index (χ1n) is 7.04. The summed E-state index contributed by atoms with van der Waals surface area (Å²) in [4.78, 5) is 16.5. The Balaban J connectivity index is 1.96. The van der Waals surface area contributed by atoms with Crippen molar-refractivity contribution in [1.82, 2.24) is 10.3 Å². The van der Waals surface area contributed by atoms with E-state index in [1.807, 2.05) is 25.4 Å². The maximum atomic E-state index is 12.3. The van der Waals surface area contributed by atoms with Crippen LogP contribution in [0.3, 0.4) is 0 Å². The van der Waals surface area contributed by atoms with E-state index in [2.05, 4.69) is 17.2 Å². The standard InChI is InChI=1S/C14H22N2O2S2/c1-4-18-12(17)14(3,16-11-5-6-11)9-10(2)20-13-15-7-8-19-13/h7-8,10-11,16H,4-6,9H2,1-3H3. The normalized spacial score (nSPS) is 19.4. The molecular formula is C14H22N2O2S2. The Bertz CT molecular complexity index is 434. The van der Waals surface area contributed by atoms with Crippen molar-refractivity contribution in [3.05, 3.63) is 11.6 Å². The lowest BCUT2D eigenvalue weighted by molar-refractivity contribution is -0.150. The quantitative estimate of drug-likeness (QED) is 0.590. The molecule has 1 saturated carbocycles. The van der Waals surface area contributed by atoms with Crippen LogP contribution < -0.4 is 5.32 Å². The molecule has 0 amide bonds. The molecule has 2 atom stereocenters. The second kappa shape index (κ2) is 6.91. The van der Waals surface area contributed by atoms with E-state index in [0.29, 0.717) is 17.9 Å². The maximum Gasteiger partial charge on any atom is 0.326 e. The highest BCUT2D eigenvalue weighted by Crippen LogP contribution is 2.32. The van der Waals surface area contributed by atoms with Gasteiger partial charge in [0.1, 0.15) is 9.88 Å². The average molecular weight is 314 g/mol. The minimum absolute atomic E-state index is 0.140. The van der Waals surface area contributed by atoms with Gasteiger partial charge in [0.05, 0.1) is 6.61 Å². The lowest BCUT2D eigenvalue weighted by atomic mass is 9.95. The first kappa shape index (κ1) is 15.8. The van der Waals surface area contributed by atoms with Crippen molar-refractivity contribution in [2.24, 2.45) is 0 Å². The molecular weight excluding hydrogens is 292 g/mol. The van der Waals surface area contributed by atoms with Gasteiger partial charge in [-0.3, -0.25) is 10.1 Å². The van der Waals surface area contributed by atoms with Crippen molar-refractivity contribution in [2.75, 3.05) is 6.61 Å². The summed E-state index contributed by atoms with van der Waals surface area (Å²) >= 11 is 3.36. The van der Waals surface area contributed by atoms with Gasteiger partial charge >= 0.3 is 5.97 Å². The van der Waals surface area contributed by atoms with Crippen LogP contribution in [-0.2, 0) is 9.53 Å². The topological polar surface area (TPSA) is 51.2 Å². The second-order valence-corrected chi connectivity index (χ2v) is 7.98. The number of aromatic nitrogens is 1. The van der Waals surface area contributed by atoms with E-state index >= 15 is 0 Å². The lowest BCUT2D eigenvalue weighted by Gasteiger charge is -2.30. The van der Waals surface area contributed by atoms with Gasteiger partial charge in [0.15, 0.2) is 0 Å². The van der Waals surface area contributed by atoms with E-state index < -0.39 is 5.54 Å². The van der Waals surface area contributed by atoms with Crippen LogP contribution in [0.5, 0.6) is 0 Å². The molecule has 2 rings (SSSR count). The van der Waals surface area contributed by atoms with Crippen molar-refractivity contribution in [3.8, 4) is 0 Å². The summed E-state index contributed by atoms with van der Waals surface area (Å²) in [6, 6.07) is 0.474. The fourth-order valence-corrected chi connectivity index (χ4v) is 4.35. The molecule has 1 heterocycles. The summed E-state index contributed by atoms with van der Waals surface area (Å²) in [5.41, 5.74) is -0.596. The van der Waals surface area contributed by atoms with Gasteiger partial charge < -0.3 is 4.74 Å². The Morgan fingerprint density at radius 3 is 3.00 bits per heavy atom. The Morgan fingerprint density at radius 2 is 2.45 bits per heavy atom. The summed E-state index contributed by atoms with van der Waals surface area (Å²) in [5, 5.41) is 5.74. The van der Waals surface area contributed by atoms with E-state index in [1.165, 1.54) is 0 Å². The second-order valence-electron chi connectivity index (χ2n) is 5.40. The molecule has 1 N–H and O–H groups in total. The van der Waals surface area contributed by atoms with Gasteiger partial charge in [-0.2, -0.15) is 0 Å². The van der Waals surface area contributed by atoms with E-state index in [9.17, 15) is 4.79 Å². The number of thioether (sulfide) groups is 1. The van der Waals surface area contributed by atoms with E-state index in [-0.39, 0.29) is 5.97 Å². The fraction of sp³-hybridized carbons (Fsp3) is 0.714. The summed E-state index contributed by atoms with van der Waals surface area (Å²) in [6.07, 6.45) is 4.87. The number of carbonyl (C=O) groups excluding carboxylic acids is 1. The van der Waals surface area contributed by atoms with Gasteiger partial charge in [-0.15, -0.1) is 11.3 Å². The number of nitrogens with zero attached hydrogens (tertiary/aromatic N) is 1. The van der Waals surface area contributed by atoms with E-state index in [1.54, 1.807) is 23.1 Å². The molecule has 0 saturated heterocycles. The van der Waals surface area contributed by atoms with Crippen LogP contribution >= 0.6 is 23.1 Å². The van der Waals surface area contributed by atoms with Gasteiger partial charge in [0, 0.05) is 22.9 Å². The third kappa shape index (κ3) is 4.46. The zero-order valence-corrected chi connectivity index (χ0v) is 13.9. The average Bonchev–Trinajstić information content (AvgIpc) is 3.03. The largest absolute Gasteiger partial charge is 0.465 e. The number of carbonyl (C=O) groups is 1. The third-order valence-corrected chi connectivity index (χ3v) is 5.25. The van der Waals surface area contributed by atoms with Crippen LogP contribution in [0.2, 0.25) is 0 Å². The van der Waals surface area contributed by atoms with Crippen molar-refractivity contribution in [3.63, 3.8) is 0 Å². The van der Waals surface area contributed by atoms with Crippen LogP contribution in [-0.4, -0.2) is 34.4 Å². The molecule has 6 heteroatoms. The van der Waals surface area contributed by atoms with Crippen molar-refractivity contribution in [2.45, 2.75) is 61.2 Å². The van der Waals surface area contributed by atoms with Crippen LogP contribution in [0, 0.1) is 0 Å². The summed E-state index contributed by atoms with van der Waals surface area (Å²) in [7, 11) is 0. The number of nitrogens with one attached hydrogen (secondary N) is 1. The van der Waals surface area contributed by atoms with Crippen molar-refractivity contribution >= 4 is 29.1 Å². The number of ether oxygens (including phenoxy) is 1. The predicted molar refractivity (Wildman–Crippen MR) is 83.2 cm³/mol. The minimum atomic E-state index is -0.596. The van der Waals surface area contributed by atoms with Crippen molar-refractivity contribution < 1.29 is 9.53 Å². The highest BCUT2D eigenvalue weighted by Gasteiger charge is 2.40. The van der Waals surface area contributed by atoms with Crippen LogP contribution in [0.1, 0.15) is 40.0 Å². The number of rotatable bonds is 8. The SMILES string of the molecule is CCOC(=O)C(C)(CC(C)Sc1nccs1)NC1CC1. The third-order valence-electron chi connectivity index (χ3n) is 3.23. The molecule has 0 radical (unpaired) electrons. The Kier molecular flexibility index (Phi) is 5.46. The molecule has 0 spiro atoms. The smallest absolute Gasteiger partial charge is 0.326 e. The molecule has 112 valence electrons. The molecule has 0 aliphatic heterocycles. The van der Waals surface area contributed by atoms with Gasteiger partial charge in [0.25, 0.3) is 0 Å². The van der Waals surface area contributed by atoms with Gasteiger partial charge in [-0.25, -0.2) is 4.98 Å². The number of esters is 1. The molecule has 0 aromatic carbocycles.